The number of nitrogens with zero attached hydrogens (tertiary/aromatic N) is 2. The normalized spacial score (nSPS) is 13.9. The van der Waals surface area contributed by atoms with Gasteiger partial charge in [-0.1, -0.05) is 24.3 Å². The van der Waals surface area contributed by atoms with Crippen molar-refractivity contribution in [3.05, 3.63) is 77.4 Å². The molecule has 3 rings (SSSR count). The molecule has 2 aromatic carbocycles. The van der Waals surface area contributed by atoms with Gasteiger partial charge in [0.15, 0.2) is 0 Å². The summed E-state index contributed by atoms with van der Waals surface area (Å²) in [7, 11) is 0. The smallest absolute Gasteiger partial charge is 0.253 e. The molecule has 5 nitrogen and oxygen atoms in total. The molecule has 0 bridgehead atoms. The molecular weight excluding hydrogens is 350 g/mol. The van der Waals surface area contributed by atoms with Crippen molar-refractivity contribution in [1.82, 2.24) is 10.2 Å². The molecule has 1 saturated heterocycles. The monoisotopic (exact) mass is 377 g/mol. The molecule has 146 valence electrons. The molecule has 0 aliphatic carbocycles. The van der Waals surface area contributed by atoms with Crippen molar-refractivity contribution >= 4 is 17.5 Å². The van der Waals surface area contributed by atoms with E-state index in [0.29, 0.717) is 30.8 Å². The lowest BCUT2D eigenvalue weighted by molar-refractivity contribution is 0.0746. The molecule has 2 amide bonds. The van der Waals surface area contributed by atoms with Gasteiger partial charge in [0.05, 0.1) is 0 Å². The quantitative estimate of drug-likeness (QED) is 0.815. The molecule has 1 aliphatic rings. The lowest BCUT2D eigenvalue weighted by Gasteiger charge is -2.37. The van der Waals surface area contributed by atoms with Gasteiger partial charge >= 0.3 is 0 Å². The van der Waals surface area contributed by atoms with Gasteiger partial charge in [0.1, 0.15) is 0 Å². The van der Waals surface area contributed by atoms with Crippen LogP contribution in [0.25, 0.3) is 0 Å². The van der Waals surface area contributed by atoms with Gasteiger partial charge in [-0.3, -0.25) is 9.59 Å². The van der Waals surface area contributed by atoms with Crippen molar-refractivity contribution in [3.63, 3.8) is 0 Å². The van der Waals surface area contributed by atoms with Crippen LogP contribution >= 0.6 is 0 Å². The third-order valence-corrected chi connectivity index (χ3v) is 5.26. The van der Waals surface area contributed by atoms with E-state index in [2.05, 4.69) is 48.8 Å². The minimum absolute atomic E-state index is 0.0287. The Morgan fingerprint density at radius 2 is 1.71 bits per heavy atom. The second kappa shape index (κ2) is 8.74. The number of carbonyl (C=O) groups is 2. The number of nitrogens with one attached hydrogen (secondary N) is 1. The molecule has 0 unspecified atom stereocenters. The molecule has 0 aromatic heterocycles. The first kappa shape index (κ1) is 19.7. The lowest BCUT2D eigenvalue weighted by atomic mass is 10.1. The van der Waals surface area contributed by atoms with Crippen molar-refractivity contribution in [2.24, 2.45) is 0 Å². The fraction of sp³-hybridized carbons (Fsp3) is 0.304. The largest absolute Gasteiger partial charge is 0.368 e. The highest BCUT2D eigenvalue weighted by Gasteiger charge is 2.23. The van der Waals surface area contributed by atoms with Gasteiger partial charge in [0.25, 0.3) is 11.8 Å². The van der Waals surface area contributed by atoms with Crippen LogP contribution in [0.3, 0.4) is 0 Å². The molecule has 28 heavy (non-hydrogen) atoms. The number of rotatable bonds is 5. The van der Waals surface area contributed by atoms with Gasteiger partial charge in [-0.05, 0) is 49.2 Å². The number of anilines is 1. The van der Waals surface area contributed by atoms with Crippen molar-refractivity contribution in [1.29, 1.82) is 0 Å². The van der Waals surface area contributed by atoms with Crippen molar-refractivity contribution in [3.8, 4) is 0 Å². The topological polar surface area (TPSA) is 52.7 Å². The third kappa shape index (κ3) is 4.25. The number of carbonyl (C=O) groups excluding carboxylic acids is 2. The van der Waals surface area contributed by atoms with Gasteiger partial charge in [0.2, 0.25) is 0 Å². The molecule has 1 heterocycles. The summed E-state index contributed by atoms with van der Waals surface area (Å²) in [6.45, 7) is 11.2. The molecule has 0 atom stereocenters. The van der Waals surface area contributed by atoms with Crippen molar-refractivity contribution < 1.29 is 9.59 Å². The zero-order valence-electron chi connectivity index (χ0n) is 16.6. The number of hydrogen-bond donors (Lipinski definition) is 1. The number of benzene rings is 2. The summed E-state index contributed by atoms with van der Waals surface area (Å²) in [4.78, 5) is 29.2. The Morgan fingerprint density at radius 3 is 2.43 bits per heavy atom. The summed E-state index contributed by atoms with van der Waals surface area (Å²) in [5.41, 5.74) is 4.85. The van der Waals surface area contributed by atoms with E-state index in [1.54, 1.807) is 30.3 Å². The highest BCUT2D eigenvalue weighted by atomic mass is 16.2. The number of hydrogen-bond acceptors (Lipinski definition) is 3. The summed E-state index contributed by atoms with van der Waals surface area (Å²) < 4.78 is 0. The van der Waals surface area contributed by atoms with Crippen LogP contribution < -0.4 is 10.2 Å². The zero-order valence-corrected chi connectivity index (χ0v) is 16.6. The van der Waals surface area contributed by atoms with Gasteiger partial charge in [-0.2, -0.15) is 0 Å². The maximum absolute atomic E-state index is 12.9. The Hall–Kier alpha value is -3.08. The summed E-state index contributed by atoms with van der Waals surface area (Å²) in [6, 6.07) is 13.2. The van der Waals surface area contributed by atoms with E-state index in [9.17, 15) is 9.59 Å². The molecule has 1 aliphatic heterocycles. The molecule has 0 radical (unpaired) electrons. The Bertz CT molecular complexity index is 883. The SMILES string of the molecule is C=CCNC(=O)c1cccc(C(=O)N2CCN(c3cccc(C)c3C)CC2)c1. The first-order valence-electron chi connectivity index (χ1n) is 9.61. The Balaban J connectivity index is 1.66. The number of amides is 2. The van der Waals surface area contributed by atoms with Crippen molar-refractivity contribution in [2.45, 2.75) is 13.8 Å². The minimum atomic E-state index is -0.200. The van der Waals surface area contributed by atoms with Crippen LogP contribution in [0.2, 0.25) is 0 Å². The second-order valence-corrected chi connectivity index (χ2v) is 7.08. The second-order valence-electron chi connectivity index (χ2n) is 7.08. The highest BCUT2D eigenvalue weighted by molar-refractivity contribution is 5.99. The van der Waals surface area contributed by atoms with E-state index >= 15 is 0 Å². The number of aryl methyl sites for hydroxylation is 1. The van der Waals surface area contributed by atoms with Gasteiger partial charge < -0.3 is 15.1 Å². The van der Waals surface area contributed by atoms with Gasteiger partial charge in [-0.15, -0.1) is 6.58 Å². The van der Waals surface area contributed by atoms with E-state index in [0.717, 1.165) is 13.1 Å². The van der Waals surface area contributed by atoms with Gasteiger partial charge in [0, 0.05) is 49.5 Å². The van der Waals surface area contributed by atoms with E-state index < -0.39 is 0 Å². The fourth-order valence-corrected chi connectivity index (χ4v) is 3.47. The van der Waals surface area contributed by atoms with Crippen LogP contribution in [-0.4, -0.2) is 49.4 Å². The van der Waals surface area contributed by atoms with Crippen LogP contribution in [0.5, 0.6) is 0 Å². The molecule has 1 N–H and O–H groups in total. The average molecular weight is 377 g/mol. The molecule has 2 aromatic rings. The molecular formula is C23H27N3O2. The van der Waals surface area contributed by atoms with Gasteiger partial charge in [-0.25, -0.2) is 0 Å². The third-order valence-electron chi connectivity index (χ3n) is 5.26. The standard InChI is InChI=1S/C23H27N3O2/c1-4-11-24-22(27)19-8-6-9-20(16-19)23(28)26-14-12-25(13-15-26)21-10-5-7-17(2)18(21)3/h4-10,16H,1,11-15H2,2-3H3,(H,24,27). The number of piperazine rings is 1. The van der Waals surface area contributed by atoms with E-state index in [4.69, 9.17) is 0 Å². The predicted octanol–water partition coefficient (Wildman–Crippen LogP) is 3.18. The summed E-state index contributed by atoms with van der Waals surface area (Å²) >= 11 is 0. The molecule has 1 fully saturated rings. The maximum Gasteiger partial charge on any atom is 0.253 e. The van der Waals surface area contributed by atoms with Crippen LogP contribution in [-0.2, 0) is 0 Å². The van der Waals surface area contributed by atoms with E-state index in [-0.39, 0.29) is 11.8 Å². The molecule has 0 saturated carbocycles. The van der Waals surface area contributed by atoms with Crippen LogP contribution in [0.4, 0.5) is 5.69 Å². The minimum Gasteiger partial charge on any atom is -0.368 e. The Labute approximate surface area is 166 Å². The fourth-order valence-electron chi connectivity index (χ4n) is 3.47. The zero-order chi connectivity index (χ0) is 20.1. The van der Waals surface area contributed by atoms with Crippen molar-refractivity contribution in [2.75, 3.05) is 37.6 Å². The van der Waals surface area contributed by atoms with E-state index in [1.807, 2.05) is 4.90 Å². The van der Waals surface area contributed by atoms with Crippen LogP contribution in [0.1, 0.15) is 31.8 Å². The first-order valence-corrected chi connectivity index (χ1v) is 9.61. The average Bonchev–Trinajstić information content (AvgIpc) is 2.73. The maximum atomic E-state index is 12.9. The summed E-state index contributed by atoms with van der Waals surface area (Å²) in [5.74, 6) is -0.228. The summed E-state index contributed by atoms with van der Waals surface area (Å²) in [5, 5.41) is 2.74. The predicted molar refractivity (Wildman–Crippen MR) is 113 cm³/mol. The molecule has 0 spiro atoms. The lowest BCUT2D eigenvalue weighted by Crippen LogP contribution is -2.49. The van der Waals surface area contributed by atoms with Crippen LogP contribution in [0.15, 0.2) is 55.1 Å². The molecule has 5 heteroatoms. The summed E-state index contributed by atoms with van der Waals surface area (Å²) in [6.07, 6.45) is 1.63. The first-order chi connectivity index (χ1) is 13.5. The Morgan fingerprint density at radius 1 is 1.04 bits per heavy atom. The van der Waals surface area contributed by atoms with E-state index in [1.165, 1.54) is 16.8 Å². The Kier molecular flexibility index (Phi) is 6.14. The van der Waals surface area contributed by atoms with Crippen LogP contribution in [0, 0.1) is 13.8 Å². The highest BCUT2D eigenvalue weighted by Crippen LogP contribution is 2.24.